The summed E-state index contributed by atoms with van der Waals surface area (Å²) < 4.78 is 0. The van der Waals surface area contributed by atoms with E-state index in [1.165, 1.54) is 29.4 Å². The molecular weight excluding hydrogens is 340 g/mol. The molecule has 112 valence electrons. The Bertz CT molecular complexity index is 833. The number of rotatable bonds is 4. The van der Waals surface area contributed by atoms with Crippen LogP contribution in [0, 0.1) is 0 Å². The van der Waals surface area contributed by atoms with E-state index in [1.54, 1.807) is 6.92 Å². The summed E-state index contributed by atoms with van der Waals surface area (Å²) in [5.41, 5.74) is 2.01. The van der Waals surface area contributed by atoms with Crippen LogP contribution in [0.4, 0.5) is 0 Å². The first-order valence-electron chi connectivity index (χ1n) is 6.44. The lowest BCUT2D eigenvalue weighted by Crippen LogP contribution is -2.11. The number of carboxylic acids is 1. The van der Waals surface area contributed by atoms with Crippen LogP contribution in [0.2, 0.25) is 5.02 Å². The van der Waals surface area contributed by atoms with Gasteiger partial charge in [0.05, 0.1) is 5.39 Å². The molecule has 1 N–H and O–H groups in total. The second-order valence-electron chi connectivity index (χ2n) is 4.61. The highest BCUT2D eigenvalue weighted by Gasteiger charge is 2.19. The summed E-state index contributed by atoms with van der Waals surface area (Å²) in [5.74, 6) is -0.861. The van der Waals surface area contributed by atoms with Crippen LogP contribution in [0.25, 0.3) is 21.3 Å². The van der Waals surface area contributed by atoms with E-state index in [0.29, 0.717) is 10.0 Å². The molecular formula is C15H11ClN2O2S2. The van der Waals surface area contributed by atoms with Crippen molar-refractivity contribution >= 4 is 50.9 Å². The lowest BCUT2D eigenvalue weighted by molar-refractivity contribution is -0.136. The zero-order chi connectivity index (χ0) is 15.7. The van der Waals surface area contributed by atoms with E-state index in [4.69, 9.17) is 16.7 Å². The van der Waals surface area contributed by atoms with Crippen LogP contribution in [0.3, 0.4) is 0 Å². The Morgan fingerprint density at radius 1 is 1.32 bits per heavy atom. The number of hydrogen-bond acceptors (Lipinski definition) is 5. The zero-order valence-electron chi connectivity index (χ0n) is 11.5. The fraction of sp³-hybridized carbons (Fsp3) is 0.133. The minimum absolute atomic E-state index is 0.573. The molecule has 0 aliphatic carbocycles. The van der Waals surface area contributed by atoms with Crippen LogP contribution in [-0.2, 0) is 4.79 Å². The molecule has 4 nitrogen and oxygen atoms in total. The van der Waals surface area contributed by atoms with Crippen LogP contribution in [-0.4, -0.2) is 26.3 Å². The number of benzene rings is 1. The molecule has 0 fully saturated rings. The second-order valence-corrected chi connectivity index (χ2v) is 7.24. The van der Waals surface area contributed by atoms with Gasteiger partial charge < -0.3 is 5.11 Å². The molecule has 1 aromatic carbocycles. The molecule has 3 aromatic rings. The smallest absolute Gasteiger partial charge is 0.316 e. The normalized spacial score (nSPS) is 12.5. The van der Waals surface area contributed by atoms with Crippen molar-refractivity contribution in [2.45, 2.75) is 17.2 Å². The van der Waals surface area contributed by atoms with E-state index in [1.807, 2.05) is 29.6 Å². The van der Waals surface area contributed by atoms with Crippen molar-refractivity contribution in [2.24, 2.45) is 0 Å². The monoisotopic (exact) mass is 350 g/mol. The van der Waals surface area contributed by atoms with Gasteiger partial charge in [-0.1, -0.05) is 35.5 Å². The molecule has 0 saturated heterocycles. The molecule has 7 heteroatoms. The first-order valence-corrected chi connectivity index (χ1v) is 8.57. The molecule has 3 rings (SSSR count). The minimum atomic E-state index is -0.861. The highest BCUT2D eigenvalue weighted by Crippen LogP contribution is 2.39. The lowest BCUT2D eigenvalue weighted by Gasteiger charge is -2.08. The molecule has 0 spiro atoms. The molecule has 22 heavy (non-hydrogen) atoms. The Kier molecular flexibility index (Phi) is 4.33. The van der Waals surface area contributed by atoms with Gasteiger partial charge in [-0.25, -0.2) is 9.97 Å². The van der Waals surface area contributed by atoms with E-state index >= 15 is 0 Å². The third-order valence-electron chi connectivity index (χ3n) is 3.13. The van der Waals surface area contributed by atoms with Gasteiger partial charge in [0.2, 0.25) is 0 Å². The van der Waals surface area contributed by atoms with E-state index in [2.05, 4.69) is 9.97 Å². The molecule has 2 aromatic heterocycles. The molecule has 2 heterocycles. The van der Waals surface area contributed by atoms with Gasteiger partial charge in [-0.15, -0.1) is 11.3 Å². The SMILES string of the molecule is C[C@@H](Sc1ncnc2scc(-c3ccc(Cl)cc3)c12)C(=O)O. The molecule has 0 bridgehead atoms. The van der Waals surface area contributed by atoms with Crippen molar-refractivity contribution in [1.29, 1.82) is 0 Å². The van der Waals surface area contributed by atoms with Gasteiger partial charge in [-0.2, -0.15) is 0 Å². The first-order chi connectivity index (χ1) is 10.6. The summed E-state index contributed by atoms with van der Waals surface area (Å²) in [5, 5.41) is 12.8. The molecule has 0 radical (unpaired) electrons. The van der Waals surface area contributed by atoms with Gasteiger partial charge in [0, 0.05) is 16.0 Å². The lowest BCUT2D eigenvalue weighted by atomic mass is 10.1. The molecule has 1 atom stereocenters. The van der Waals surface area contributed by atoms with Gasteiger partial charge in [0.1, 0.15) is 21.4 Å². The van der Waals surface area contributed by atoms with E-state index in [0.717, 1.165) is 21.3 Å². The number of carboxylic acid groups (broad SMARTS) is 1. The largest absolute Gasteiger partial charge is 0.480 e. The Hall–Kier alpha value is -1.63. The number of aromatic nitrogens is 2. The maximum absolute atomic E-state index is 11.1. The standard InChI is InChI=1S/C15H11ClN2O2S2/c1-8(15(19)20)22-14-12-11(6-21-13(12)17-7-18-14)9-2-4-10(16)5-3-9/h2-8H,1H3,(H,19,20)/t8-/m1/s1. The Labute approximate surface area is 140 Å². The van der Waals surface area contributed by atoms with E-state index < -0.39 is 11.2 Å². The maximum Gasteiger partial charge on any atom is 0.316 e. The number of thiophene rings is 1. The molecule has 0 amide bonds. The average molecular weight is 351 g/mol. The van der Waals surface area contributed by atoms with E-state index in [9.17, 15) is 4.79 Å². The first kappa shape index (κ1) is 15.3. The third kappa shape index (κ3) is 2.95. The fourth-order valence-electron chi connectivity index (χ4n) is 2.00. The Balaban J connectivity index is 2.12. The van der Waals surface area contributed by atoms with Crippen molar-refractivity contribution in [3.63, 3.8) is 0 Å². The average Bonchev–Trinajstić information content (AvgIpc) is 2.93. The topological polar surface area (TPSA) is 63.1 Å². The number of aliphatic carboxylic acids is 1. The van der Waals surface area contributed by atoms with Gasteiger partial charge in [-0.3, -0.25) is 4.79 Å². The van der Waals surface area contributed by atoms with Crippen LogP contribution in [0.15, 0.2) is 41.0 Å². The summed E-state index contributed by atoms with van der Waals surface area (Å²) in [6.45, 7) is 1.65. The van der Waals surface area contributed by atoms with E-state index in [-0.39, 0.29) is 0 Å². The summed E-state index contributed by atoms with van der Waals surface area (Å²) >= 11 is 8.68. The summed E-state index contributed by atoms with van der Waals surface area (Å²) in [4.78, 5) is 20.5. The number of hydrogen-bond donors (Lipinski definition) is 1. The third-order valence-corrected chi connectivity index (χ3v) is 5.35. The fourth-order valence-corrected chi connectivity index (χ4v) is 3.97. The number of halogens is 1. The highest BCUT2D eigenvalue weighted by molar-refractivity contribution is 8.00. The zero-order valence-corrected chi connectivity index (χ0v) is 13.9. The van der Waals surface area contributed by atoms with Crippen molar-refractivity contribution in [3.05, 3.63) is 41.0 Å². The predicted molar refractivity (Wildman–Crippen MR) is 90.8 cm³/mol. The van der Waals surface area contributed by atoms with Crippen LogP contribution < -0.4 is 0 Å². The molecule has 0 unspecified atom stereocenters. The van der Waals surface area contributed by atoms with Crippen LogP contribution >= 0.6 is 34.7 Å². The summed E-state index contributed by atoms with van der Waals surface area (Å²) in [6.07, 6.45) is 1.47. The molecule has 0 saturated carbocycles. The second kappa shape index (κ2) is 6.24. The number of fused-ring (bicyclic) bond motifs is 1. The number of thioether (sulfide) groups is 1. The van der Waals surface area contributed by atoms with Crippen LogP contribution in [0.5, 0.6) is 0 Å². The van der Waals surface area contributed by atoms with Crippen molar-refractivity contribution in [2.75, 3.05) is 0 Å². The van der Waals surface area contributed by atoms with Gasteiger partial charge >= 0.3 is 5.97 Å². The quantitative estimate of drug-likeness (QED) is 0.551. The van der Waals surface area contributed by atoms with Crippen molar-refractivity contribution < 1.29 is 9.90 Å². The summed E-state index contributed by atoms with van der Waals surface area (Å²) in [7, 11) is 0. The Morgan fingerprint density at radius 2 is 2.05 bits per heavy atom. The maximum atomic E-state index is 11.1. The van der Waals surface area contributed by atoms with Gasteiger partial charge in [-0.05, 0) is 24.6 Å². The number of carbonyl (C=O) groups is 1. The molecule has 0 aliphatic heterocycles. The highest BCUT2D eigenvalue weighted by atomic mass is 35.5. The minimum Gasteiger partial charge on any atom is -0.480 e. The Morgan fingerprint density at radius 3 is 2.73 bits per heavy atom. The van der Waals surface area contributed by atoms with Crippen LogP contribution in [0.1, 0.15) is 6.92 Å². The number of nitrogens with zero attached hydrogens (tertiary/aromatic N) is 2. The molecule has 0 aliphatic rings. The van der Waals surface area contributed by atoms with Crippen molar-refractivity contribution in [3.8, 4) is 11.1 Å². The van der Waals surface area contributed by atoms with Crippen molar-refractivity contribution in [1.82, 2.24) is 9.97 Å². The van der Waals surface area contributed by atoms with Gasteiger partial charge in [0.25, 0.3) is 0 Å². The predicted octanol–water partition coefficient (Wildman–Crippen LogP) is 4.58. The summed E-state index contributed by atoms with van der Waals surface area (Å²) in [6, 6.07) is 7.53. The van der Waals surface area contributed by atoms with Gasteiger partial charge in [0.15, 0.2) is 0 Å².